The molecule has 0 spiro atoms. The van der Waals surface area contributed by atoms with Crippen LogP contribution >= 0.6 is 0 Å². The monoisotopic (exact) mass is 279 g/mol. The Morgan fingerprint density at radius 2 is 1.60 bits per heavy atom. The molecule has 3 rings (SSSR count). The van der Waals surface area contributed by atoms with Gasteiger partial charge in [-0.2, -0.15) is 0 Å². The Kier molecular flexibility index (Phi) is 5.00. The summed E-state index contributed by atoms with van der Waals surface area (Å²) >= 11 is 0. The zero-order chi connectivity index (χ0) is 13.9. The summed E-state index contributed by atoms with van der Waals surface area (Å²) < 4.78 is 0. The quantitative estimate of drug-likeness (QED) is 0.831. The van der Waals surface area contributed by atoms with Crippen LogP contribution in [0.2, 0.25) is 0 Å². The van der Waals surface area contributed by atoms with Crippen LogP contribution in [0.5, 0.6) is 0 Å². The number of hydrogen-bond acceptors (Lipinski definition) is 3. The summed E-state index contributed by atoms with van der Waals surface area (Å²) in [6.07, 6.45) is 12.5. The van der Waals surface area contributed by atoms with Crippen molar-refractivity contribution in [2.45, 2.75) is 95.8 Å². The van der Waals surface area contributed by atoms with Gasteiger partial charge in [0.05, 0.1) is 0 Å². The first kappa shape index (κ1) is 14.8. The summed E-state index contributed by atoms with van der Waals surface area (Å²) in [6.45, 7) is 6.03. The molecule has 116 valence electrons. The van der Waals surface area contributed by atoms with E-state index in [1.807, 2.05) is 0 Å². The van der Waals surface area contributed by atoms with Crippen molar-refractivity contribution in [3.05, 3.63) is 0 Å². The van der Waals surface area contributed by atoms with Crippen LogP contribution in [0.3, 0.4) is 0 Å². The minimum absolute atomic E-state index is 0.708. The molecule has 3 aliphatic rings. The van der Waals surface area contributed by atoms with Crippen molar-refractivity contribution in [2.75, 3.05) is 6.54 Å². The molecule has 0 radical (unpaired) electrons. The molecule has 0 aromatic carbocycles. The molecule has 2 aliphatic heterocycles. The topological polar surface area (TPSA) is 27.3 Å². The van der Waals surface area contributed by atoms with Gasteiger partial charge in [-0.1, -0.05) is 19.3 Å². The number of nitrogens with zero attached hydrogens (tertiary/aromatic N) is 1. The van der Waals surface area contributed by atoms with Crippen LogP contribution < -0.4 is 10.7 Å². The molecule has 0 amide bonds. The molecule has 1 aliphatic carbocycles. The smallest absolute Gasteiger partial charge is 0.0258 e. The zero-order valence-electron chi connectivity index (χ0n) is 13.4. The van der Waals surface area contributed by atoms with Crippen LogP contribution in [0.4, 0.5) is 0 Å². The highest BCUT2D eigenvalue weighted by Gasteiger charge is 2.36. The summed E-state index contributed by atoms with van der Waals surface area (Å²) in [5, 5.41) is 6.38. The molecular weight excluding hydrogens is 246 g/mol. The Hall–Kier alpha value is -0.120. The van der Waals surface area contributed by atoms with E-state index in [4.69, 9.17) is 0 Å². The van der Waals surface area contributed by atoms with Gasteiger partial charge in [-0.15, -0.1) is 0 Å². The molecule has 2 saturated heterocycles. The van der Waals surface area contributed by atoms with Gasteiger partial charge in [0.1, 0.15) is 0 Å². The predicted molar refractivity (Wildman–Crippen MR) is 84.5 cm³/mol. The fourth-order valence-electron chi connectivity index (χ4n) is 4.74. The summed E-state index contributed by atoms with van der Waals surface area (Å²) in [5.74, 6) is 0.858. The van der Waals surface area contributed by atoms with Crippen molar-refractivity contribution in [1.29, 1.82) is 0 Å². The highest BCUT2D eigenvalue weighted by Crippen LogP contribution is 2.33. The summed E-state index contributed by atoms with van der Waals surface area (Å²) in [5.41, 5.74) is 3.96. The van der Waals surface area contributed by atoms with Crippen LogP contribution in [0.15, 0.2) is 0 Å². The third kappa shape index (κ3) is 3.20. The van der Waals surface area contributed by atoms with Crippen molar-refractivity contribution in [1.82, 2.24) is 15.8 Å². The lowest BCUT2D eigenvalue weighted by atomic mass is 9.88. The molecule has 3 nitrogen and oxygen atoms in total. The van der Waals surface area contributed by atoms with Crippen LogP contribution in [0, 0.1) is 5.92 Å². The number of hydrogen-bond donors (Lipinski definition) is 2. The molecule has 5 atom stereocenters. The molecule has 3 fully saturated rings. The van der Waals surface area contributed by atoms with E-state index < -0.39 is 0 Å². The maximum absolute atomic E-state index is 3.96. The molecule has 2 N–H and O–H groups in total. The van der Waals surface area contributed by atoms with Crippen molar-refractivity contribution >= 4 is 0 Å². The van der Waals surface area contributed by atoms with E-state index in [2.05, 4.69) is 29.6 Å². The second-order valence-electron chi connectivity index (χ2n) is 7.42. The summed E-state index contributed by atoms with van der Waals surface area (Å²) in [4.78, 5) is 0. The summed E-state index contributed by atoms with van der Waals surface area (Å²) in [6, 6.07) is 2.91. The lowest BCUT2D eigenvalue weighted by Gasteiger charge is -2.43. The van der Waals surface area contributed by atoms with E-state index in [9.17, 15) is 0 Å². The van der Waals surface area contributed by atoms with Crippen LogP contribution in [0.1, 0.15) is 71.6 Å². The maximum atomic E-state index is 3.96. The van der Waals surface area contributed by atoms with Crippen molar-refractivity contribution in [3.63, 3.8) is 0 Å². The average molecular weight is 279 g/mol. The van der Waals surface area contributed by atoms with E-state index in [-0.39, 0.29) is 0 Å². The van der Waals surface area contributed by atoms with Gasteiger partial charge >= 0.3 is 0 Å². The molecule has 20 heavy (non-hydrogen) atoms. The third-order valence-electron chi connectivity index (χ3n) is 5.94. The fraction of sp³-hybridized carbons (Fsp3) is 1.00. The Bertz CT molecular complexity index is 291. The normalized spacial score (nSPS) is 43.8. The number of nitrogens with one attached hydrogen (secondary N) is 2. The minimum Gasteiger partial charge on any atom is -0.314 e. The van der Waals surface area contributed by atoms with Crippen molar-refractivity contribution in [2.24, 2.45) is 5.92 Å². The van der Waals surface area contributed by atoms with Gasteiger partial charge in [0.25, 0.3) is 0 Å². The summed E-state index contributed by atoms with van der Waals surface area (Å²) in [7, 11) is 0. The van der Waals surface area contributed by atoms with Crippen LogP contribution in [0.25, 0.3) is 0 Å². The van der Waals surface area contributed by atoms with Crippen LogP contribution in [-0.4, -0.2) is 35.7 Å². The average Bonchev–Trinajstić information content (AvgIpc) is 2.92. The van der Waals surface area contributed by atoms with Crippen molar-refractivity contribution in [3.8, 4) is 0 Å². The van der Waals surface area contributed by atoms with Crippen LogP contribution in [-0.2, 0) is 0 Å². The lowest BCUT2D eigenvalue weighted by molar-refractivity contribution is 0.0184. The molecule has 0 bridgehead atoms. The predicted octanol–water partition coefficient (Wildman–Crippen LogP) is 3.06. The molecule has 1 saturated carbocycles. The number of piperidine rings is 2. The largest absolute Gasteiger partial charge is 0.314 e. The first-order valence-electron chi connectivity index (χ1n) is 9.03. The van der Waals surface area contributed by atoms with E-state index in [1.54, 1.807) is 0 Å². The highest BCUT2D eigenvalue weighted by molar-refractivity contribution is 4.93. The van der Waals surface area contributed by atoms with E-state index in [1.165, 1.54) is 64.3 Å². The van der Waals surface area contributed by atoms with Crippen molar-refractivity contribution < 1.29 is 0 Å². The number of hydrazine groups is 1. The molecule has 2 heterocycles. The van der Waals surface area contributed by atoms with E-state index in [0.717, 1.165) is 12.0 Å². The highest BCUT2D eigenvalue weighted by atomic mass is 15.5. The minimum atomic E-state index is 0.708. The van der Waals surface area contributed by atoms with E-state index in [0.29, 0.717) is 18.1 Å². The van der Waals surface area contributed by atoms with Gasteiger partial charge in [0, 0.05) is 24.2 Å². The first-order chi connectivity index (χ1) is 9.75. The standard InChI is InChI=1S/C17H33N3/c1-13-7-5-8-14(2)20(13)19-17-11-6-9-15(17)16-10-3-4-12-18-16/h13-19H,3-12H2,1-2H3. The Balaban J connectivity index is 1.60. The molecule has 3 heteroatoms. The van der Waals surface area contributed by atoms with Gasteiger partial charge in [-0.05, 0) is 64.8 Å². The third-order valence-corrected chi connectivity index (χ3v) is 5.94. The molecule has 0 aromatic rings. The van der Waals surface area contributed by atoms with E-state index >= 15 is 0 Å². The zero-order valence-corrected chi connectivity index (χ0v) is 13.4. The second kappa shape index (κ2) is 6.76. The Morgan fingerprint density at radius 3 is 2.30 bits per heavy atom. The van der Waals surface area contributed by atoms with Gasteiger partial charge in [0.15, 0.2) is 0 Å². The first-order valence-corrected chi connectivity index (χ1v) is 9.03. The van der Waals surface area contributed by atoms with Gasteiger partial charge < -0.3 is 5.32 Å². The van der Waals surface area contributed by atoms with Gasteiger partial charge in [-0.3, -0.25) is 5.43 Å². The van der Waals surface area contributed by atoms with Gasteiger partial charge in [-0.25, -0.2) is 5.01 Å². The lowest BCUT2D eigenvalue weighted by Crippen LogP contribution is -2.58. The Labute approximate surface area is 124 Å². The fourth-order valence-corrected chi connectivity index (χ4v) is 4.74. The number of rotatable bonds is 3. The Morgan fingerprint density at radius 1 is 0.850 bits per heavy atom. The molecule has 5 unspecified atom stereocenters. The molecule has 0 aromatic heterocycles. The second-order valence-corrected chi connectivity index (χ2v) is 7.42. The maximum Gasteiger partial charge on any atom is 0.0258 e. The van der Waals surface area contributed by atoms with Gasteiger partial charge in [0.2, 0.25) is 0 Å². The molecular formula is C17H33N3. The SMILES string of the molecule is CC1CCCC(C)N1NC1CCCC1C1CCCCN1.